The van der Waals surface area contributed by atoms with Gasteiger partial charge in [0.1, 0.15) is 5.82 Å². The molecule has 0 unspecified atom stereocenters. The van der Waals surface area contributed by atoms with Gasteiger partial charge in [0.15, 0.2) is 0 Å². The van der Waals surface area contributed by atoms with E-state index in [-0.39, 0.29) is 36.8 Å². The maximum Gasteiger partial charge on any atom is 1.00 e. The van der Waals surface area contributed by atoms with Gasteiger partial charge in [0.2, 0.25) is 0 Å². The molecule has 0 nitrogen and oxygen atoms in total. The standard InChI is InChI=1S/C6H3Br2F.Na.H/c7-4-1-2-6(9)5(8)3-4;;/h1-3H;;/q;+1;-1. The Morgan fingerprint density at radius 2 is 1.90 bits per heavy atom. The summed E-state index contributed by atoms with van der Waals surface area (Å²) in [6.07, 6.45) is 0. The second kappa shape index (κ2) is 4.88. The maximum atomic E-state index is 12.4. The van der Waals surface area contributed by atoms with E-state index in [0.717, 1.165) is 4.47 Å². The summed E-state index contributed by atoms with van der Waals surface area (Å²) in [5.41, 5.74) is 0. The van der Waals surface area contributed by atoms with Crippen LogP contribution in [0.2, 0.25) is 0 Å². The second-order valence-corrected chi connectivity index (χ2v) is 3.33. The van der Waals surface area contributed by atoms with E-state index in [9.17, 15) is 4.39 Å². The SMILES string of the molecule is Fc1ccc(Br)cc1Br.[H-].[Na+]. The Kier molecular flexibility index (Phi) is 5.42. The molecule has 0 N–H and O–H groups in total. The van der Waals surface area contributed by atoms with Crippen molar-refractivity contribution in [3.8, 4) is 0 Å². The van der Waals surface area contributed by atoms with Crippen LogP contribution >= 0.6 is 31.9 Å². The van der Waals surface area contributed by atoms with E-state index in [2.05, 4.69) is 31.9 Å². The molecule has 0 spiro atoms. The average molecular weight is 278 g/mol. The van der Waals surface area contributed by atoms with Crippen LogP contribution in [0, 0.1) is 5.82 Å². The molecule has 0 atom stereocenters. The Balaban J connectivity index is 0. The van der Waals surface area contributed by atoms with Gasteiger partial charge in [0.25, 0.3) is 0 Å². The summed E-state index contributed by atoms with van der Waals surface area (Å²) >= 11 is 6.24. The van der Waals surface area contributed by atoms with E-state index in [4.69, 9.17) is 0 Å². The number of benzene rings is 1. The van der Waals surface area contributed by atoms with Crippen LogP contribution in [0.4, 0.5) is 4.39 Å². The number of hydrogen-bond acceptors (Lipinski definition) is 0. The Labute approximate surface area is 99.2 Å². The van der Waals surface area contributed by atoms with E-state index >= 15 is 0 Å². The van der Waals surface area contributed by atoms with Crippen molar-refractivity contribution in [2.75, 3.05) is 0 Å². The monoisotopic (exact) mass is 276 g/mol. The molecule has 0 saturated carbocycles. The van der Waals surface area contributed by atoms with Crippen molar-refractivity contribution in [2.45, 2.75) is 0 Å². The Bertz CT molecular complexity index is 232. The predicted molar refractivity (Wildman–Crippen MR) is 42.9 cm³/mol. The molecule has 0 heterocycles. The largest absolute Gasteiger partial charge is 1.00 e. The van der Waals surface area contributed by atoms with E-state index in [1.54, 1.807) is 12.1 Å². The topological polar surface area (TPSA) is 0 Å². The molecule has 0 saturated heterocycles. The summed E-state index contributed by atoms with van der Waals surface area (Å²) in [5.74, 6) is -0.238. The second-order valence-electron chi connectivity index (χ2n) is 1.56. The molecule has 0 bridgehead atoms. The fraction of sp³-hybridized carbons (Fsp3) is 0. The molecule has 10 heavy (non-hydrogen) atoms. The van der Waals surface area contributed by atoms with Crippen LogP contribution in [0.1, 0.15) is 1.43 Å². The van der Waals surface area contributed by atoms with Crippen LogP contribution in [0.5, 0.6) is 0 Å². The van der Waals surface area contributed by atoms with Gasteiger partial charge in [0.05, 0.1) is 4.47 Å². The summed E-state index contributed by atoms with van der Waals surface area (Å²) in [4.78, 5) is 0. The van der Waals surface area contributed by atoms with Crippen LogP contribution < -0.4 is 29.6 Å². The van der Waals surface area contributed by atoms with E-state index in [1.807, 2.05) is 0 Å². The van der Waals surface area contributed by atoms with Crippen LogP contribution in [-0.2, 0) is 0 Å². The van der Waals surface area contributed by atoms with E-state index < -0.39 is 0 Å². The Morgan fingerprint density at radius 3 is 2.30 bits per heavy atom. The minimum atomic E-state index is -0.238. The van der Waals surface area contributed by atoms with Gasteiger partial charge in [-0.25, -0.2) is 4.39 Å². The molecule has 1 aromatic rings. The average Bonchev–Trinajstić information content (AvgIpc) is 1.80. The molecule has 0 aliphatic heterocycles. The van der Waals surface area contributed by atoms with Crippen molar-refractivity contribution in [3.63, 3.8) is 0 Å². The Hall–Kier alpha value is 1.11. The van der Waals surface area contributed by atoms with Gasteiger partial charge in [-0.3, -0.25) is 0 Å². The summed E-state index contributed by atoms with van der Waals surface area (Å²) in [7, 11) is 0. The Morgan fingerprint density at radius 1 is 1.30 bits per heavy atom. The fourth-order valence-corrected chi connectivity index (χ4v) is 1.52. The molecule has 1 aromatic carbocycles. The van der Waals surface area contributed by atoms with E-state index in [1.165, 1.54) is 6.07 Å². The van der Waals surface area contributed by atoms with Crippen molar-refractivity contribution in [1.82, 2.24) is 0 Å². The zero-order chi connectivity index (χ0) is 6.85. The third-order valence-electron chi connectivity index (χ3n) is 0.882. The van der Waals surface area contributed by atoms with Crippen LogP contribution in [0.3, 0.4) is 0 Å². The van der Waals surface area contributed by atoms with Crippen LogP contribution in [0.25, 0.3) is 0 Å². The number of hydrogen-bond donors (Lipinski definition) is 0. The maximum absolute atomic E-state index is 12.4. The van der Waals surface area contributed by atoms with Crippen LogP contribution in [-0.4, -0.2) is 0 Å². The number of halogens is 3. The quantitative estimate of drug-likeness (QED) is 0.478. The minimum Gasteiger partial charge on any atom is -1.00 e. The predicted octanol–water partition coefficient (Wildman–Crippen LogP) is 0.467. The summed E-state index contributed by atoms with van der Waals surface area (Å²) in [6, 6.07) is 4.71. The fourth-order valence-electron chi connectivity index (χ4n) is 0.470. The van der Waals surface area contributed by atoms with Gasteiger partial charge >= 0.3 is 29.6 Å². The van der Waals surface area contributed by atoms with Crippen molar-refractivity contribution < 1.29 is 35.4 Å². The van der Waals surface area contributed by atoms with Crippen molar-refractivity contribution in [2.24, 2.45) is 0 Å². The smallest absolute Gasteiger partial charge is 1.00 e. The van der Waals surface area contributed by atoms with Crippen LogP contribution in [0.15, 0.2) is 27.1 Å². The van der Waals surface area contributed by atoms with Gasteiger partial charge in [-0.05, 0) is 34.1 Å². The molecule has 0 amide bonds. The van der Waals surface area contributed by atoms with Gasteiger partial charge in [-0.2, -0.15) is 0 Å². The first kappa shape index (κ1) is 11.1. The first-order chi connectivity index (χ1) is 4.20. The van der Waals surface area contributed by atoms with Crippen molar-refractivity contribution >= 4 is 31.9 Å². The molecule has 0 radical (unpaired) electrons. The first-order valence-electron chi connectivity index (χ1n) is 2.30. The van der Waals surface area contributed by atoms with Gasteiger partial charge < -0.3 is 1.43 Å². The molecule has 0 aromatic heterocycles. The zero-order valence-corrected chi connectivity index (χ0v) is 10.5. The summed E-state index contributed by atoms with van der Waals surface area (Å²) in [5, 5.41) is 0. The number of rotatable bonds is 0. The summed E-state index contributed by atoms with van der Waals surface area (Å²) < 4.78 is 13.8. The molecule has 0 aliphatic rings. The zero-order valence-electron chi connectivity index (χ0n) is 6.37. The van der Waals surface area contributed by atoms with Gasteiger partial charge in [0, 0.05) is 4.47 Å². The molecule has 50 valence electrons. The molecule has 1 rings (SSSR count). The van der Waals surface area contributed by atoms with Crippen molar-refractivity contribution in [1.29, 1.82) is 0 Å². The third-order valence-corrected chi connectivity index (χ3v) is 1.98. The normalized spacial score (nSPS) is 8.70. The van der Waals surface area contributed by atoms with Gasteiger partial charge in [-0.1, -0.05) is 15.9 Å². The summed E-state index contributed by atoms with van der Waals surface area (Å²) in [6.45, 7) is 0. The molecule has 0 fully saturated rings. The van der Waals surface area contributed by atoms with Crippen molar-refractivity contribution in [3.05, 3.63) is 33.0 Å². The molecule has 0 aliphatic carbocycles. The minimum absolute atomic E-state index is 0. The van der Waals surface area contributed by atoms with Gasteiger partial charge in [-0.15, -0.1) is 0 Å². The molecule has 4 heteroatoms. The molecular formula is C6H4Br2FNa. The van der Waals surface area contributed by atoms with E-state index in [0.29, 0.717) is 4.47 Å². The molecular weight excluding hydrogens is 274 g/mol. The third kappa shape index (κ3) is 3.01. The first-order valence-corrected chi connectivity index (χ1v) is 3.89.